The number of nitrogens with one attached hydrogen (secondary N) is 1. The Bertz CT molecular complexity index is 1370. The van der Waals surface area contributed by atoms with Crippen LogP contribution in [-0.4, -0.2) is 29.3 Å². The van der Waals surface area contributed by atoms with Crippen LogP contribution in [0.25, 0.3) is 0 Å². The van der Waals surface area contributed by atoms with Crippen LogP contribution in [0.4, 0.5) is 10.1 Å². The summed E-state index contributed by atoms with van der Waals surface area (Å²) in [5.41, 5.74) is 3.12. The molecule has 1 heterocycles. The molecule has 0 fully saturated rings. The molecule has 8 heteroatoms. The molecule has 6 nitrogen and oxygen atoms in total. The number of carbonyl (C=O) groups is 3. The van der Waals surface area contributed by atoms with Gasteiger partial charge < -0.3 is 15.0 Å². The van der Waals surface area contributed by atoms with Gasteiger partial charge in [0.15, 0.2) is 0 Å². The Morgan fingerprint density at radius 2 is 1.81 bits per heavy atom. The fourth-order valence-electron chi connectivity index (χ4n) is 4.43. The summed E-state index contributed by atoms with van der Waals surface area (Å²) in [6.07, 6.45) is 0.0555. The molecule has 37 heavy (non-hydrogen) atoms. The molecule has 0 radical (unpaired) electrons. The molecule has 1 atom stereocenters. The van der Waals surface area contributed by atoms with Crippen LogP contribution in [0.5, 0.6) is 0 Å². The van der Waals surface area contributed by atoms with Crippen LogP contribution in [0.15, 0.2) is 84.1 Å². The minimum atomic E-state index is -0.524. The fraction of sp³-hybridized carbons (Fsp3) is 0.207. The number of nitrogens with zero attached hydrogens (tertiary/aromatic N) is 1. The van der Waals surface area contributed by atoms with E-state index in [2.05, 4.69) is 5.32 Å². The highest BCUT2D eigenvalue weighted by Crippen LogP contribution is 2.40. The topological polar surface area (TPSA) is 75.7 Å². The van der Waals surface area contributed by atoms with E-state index in [0.717, 1.165) is 0 Å². The van der Waals surface area contributed by atoms with Gasteiger partial charge in [0.25, 0.3) is 5.91 Å². The molecule has 0 aliphatic carbocycles. The highest BCUT2D eigenvalue weighted by molar-refractivity contribution is 6.31. The quantitative estimate of drug-likeness (QED) is 0.383. The zero-order chi connectivity index (χ0) is 26.5. The average molecular weight is 521 g/mol. The lowest BCUT2D eigenvalue weighted by molar-refractivity contribution is -0.140. The molecule has 0 saturated heterocycles. The van der Waals surface area contributed by atoms with Crippen molar-refractivity contribution in [3.05, 3.63) is 112 Å². The van der Waals surface area contributed by atoms with E-state index in [1.54, 1.807) is 50.2 Å². The number of allylic oxidation sites excluding steroid dienone is 1. The maximum absolute atomic E-state index is 13.3. The Morgan fingerprint density at radius 1 is 1.08 bits per heavy atom. The lowest BCUT2D eigenvalue weighted by Crippen LogP contribution is -2.38. The van der Waals surface area contributed by atoms with Gasteiger partial charge in [-0.25, -0.2) is 9.18 Å². The number of benzene rings is 3. The van der Waals surface area contributed by atoms with Crippen molar-refractivity contribution in [2.75, 3.05) is 11.9 Å². The van der Waals surface area contributed by atoms with Gasteiger partial charge in [0.2, 0.25) is 5.91 Å². The molecule has 1 N–H and O–H groups in total. The summed E-state index contributed by atoms with van der Waals surface area (Å²) in [6.45, 7) is 3.81. The number of anilines is 1. The molecule has 1 aliphatic heterocycles. The van der Waals surface area contributed by atoms with Gasteiger partial charge in [-0.05, 0) is 67.4 Å². The normalized spacial score (nSPS) is 15.5. The van der Waals surface area contributed by atoms with Crippen molar-refractivity contribution in [3.63, 3.8) is 0 Å². The van der Waals surface area contributed by atoms with Gasteiger partial charge in [0.1, 0.15) is 5.82 Å². The maximum Gasteiger partial charge on any atom is 0.336 e. The monoisotopic (exact) mass is 520 g/mol. The standard InChI is InChI=1S/C29H26ClFN2O4/c1-3-37-29(36)27-18(2)33(26(34)16-24(27)23-9-4-5-10-25(23)30)17-19-7-6-8-20(15-19)28(35)32-22-13-11-21(31)12-14-22/h4-15,24H,3,16-17H2,1-2H3,(H,32,35). The number of hydrogen-bond acceptors (Lipinski definition) is 4. The van der Waals surface area contributed by atoms with Crippen molar-refractivity contribution in [2.24, 2.45) is 0 Å². The number of amides is 2. The Labute approximate surface area is 219 Å². The number of carbonyl (C=O) groups excluding carboxylic acids is 3. The highest BCUT2D eigenvalue weighted by atomic mass is 35.5. The first-order chi connectivity index (χ1) is 17.8. The van der Waals surface area contributed by atoms with Crippen LogP contribution in [0.3, 0.4) is 0 Å². The maximum atomic E-state index is 13.3. The zero-order valence-electron chi connectivity index (χ0n) is 20.5. The molecule has 1 unspecified atom stereocenters. The number of hydrogen-bond donors (Lipinski definition) is 1. The van der Waals surface area contributed by atoms with E-state index < -0.39 is 17.7 Å². The smallest absolute Gasteiger partial charge is 0.336 e. The summed E-state index contributed by atoms with van der Waals surface area (Å²) < 4.78 is 18.5. The van der Waals surface area contributed by atoms with E-state index in [1.807, 2.05) is 12.1 Å². The molecular formula is C29H26ClFN2O4. The van der Waals surface area contributed by atoms with Crippen LogP contribution >= 0.6 is 11.6 Å². The first-order valence-corrected chi connectivity index (χ1v) is 12.2. The lowest BCUT2D eigenvalue weighted by Gasteiger charge is -2.34. The van der Waals surface area contributed by atoms with Crippen LogP contribution < -0.4 is 5.32 Å². The predicted molar refractivity (Wildman–Crippen MR) is 139 cm³/mol. The van der Waals surface area contributed by atoms with E-state index in [0.29, 0.717) is 38.7 Å². The summed E-state index contributed by atoms with van der Waals surface area (Å²) in [6, 6.07) is 19.5. The van der Waals surface area contributed by atoms with E-state index >= 15 is 0 Å². The summed E-state index contributed by atoms with van der Waals surface area (Å²) in [4.78, 5) is 40.6. The highest BCUT2D eigenvalue weighted by Gasteiger charge is 2.37. The third-order valence-corrected chi connectivity index (χ3v) is 6.58. The van der Waals surface area contributed by atoms with Gasteiger partial charge in [-0.15, -0.1) is 0 Å². The molecule has 0 bridgehead atoms. The van der Waals surface area contributed by atoms with Gasteiger partial charge >= 0.3 is 5.97 Å². The molecule has 1 aliphatic rings. The largest absolute Gasteiger partial charge is 0.463 e. The van der Waals surface area contributed by atoms with Crippen LogP contribution in [-0.2, 0) is 20.9 Å². The van der Waals surface area contributed by atoms with Crippen molar-refractivity contribution in [1.29, 1.82) is 0 Å². The van der Waals surface area contributed by atoms with Gasteiger partial charge in [-0.1, -0.05) is 41.9 Å². The minimum Gasteiger partial charge on any atom is -0.463 e. The van der Waals surface area contributed by atoms with E-state index in [-0.39, 0.29) is 31.4 Å². The third-order valence-electron chi connectivity index (χ3n) is 6.23. The first kappa shape index (κ1) is 26.1. The van der Waals surface area contributed by atoms with E-state index in [9.17, 15) is 18.8 Å². The lowest BCUT2D eigenvalue weighted by atomic mass is 9.83. The Hall–Kier alpha value is -3.97. The van der Waals surface area contributed by atoms with Crippen LogP contribution in [0.2, 0.25) is 5.02 Å². The van der Waals surface area contributed by atoms with Crippen LogP contribution in [0.1, 0.15) is 47.7 Å². The summed E-state index contributed by atoms with van der Waals surface area (Å²) in [5, 5.41) is 3.21. The zero-order valence-corrected chi connectivity index (χ0v) is 21.2. The summed E-state index contributed by atoms with van der Waals surface area (Å²) >= 11 is 6.42. The molecule has 190 valence electrons. The molecule has 0 aromatic heterocycles. The second kappa shape index (κ2) is 11.4. The number of ether oxygens (including phenoxy) is 1. The van der Waals surface area contributed by atoms with E-state index in [1.165, 1.54) is 29.2 Å². The second-order valence-corrected chi connectivity index (χ2v) is 9.05. The molecular weight excluding hydrogens is 495 g/mol. The molecule has 2 amide bonds. The third kappa shape index (κ3) is 5.89. The molecule has 4 rings (SSSR count). The molecule has 3 aromatic rings. The number of halogens is 2. The summed E-state index contributed by atoms with van der Waals surface area (Å²) in [7, 11) is 0. The Balaban J connectivity index is 1.62. The minimum absolute atomic E-state index is 0.0555. The average Bonchev–Trinajstić information content (AvgIpc) is 2.88. The van der Waals surface area contributed by atoms with Gasteiger partial charge in [0.05, 0.1) is 18.7 Å². The van der Waals surface area contributed by atoms with Crippen molar-refractivity contribution in [1.82, 2.24) is 4.90 Å². The number of esters is 1. The van der Waals surface area contributed by atoms with Gasteiger partial charge in [-0.3, -0.25) is 9.59 Å². The van der Waals surface area contributed by atoms with Crippen molar-refractivity contribution < 1.29 is 23.5 Å². The fourth-order valence-corrected chi connectivity index (χ4v) is 4.70. The van der Waals surface area contributed by atoms with Gasteiger partial charge in [-0.2, -0.15) is 0 Å². The Morgan fingerprint density at radius 3 is 2.51 bits per heavy atom. The molecule has 3 aromatic carbocycles. The van der Waals surface area contributed by atoms with Gasteiger partial charge in [0, 0.05) is 34.3 Å². The van der Waals surface area contributed by atoms with E-state index in [4.69, 9.17) is 16.3 Å². The van der Waals surface area contributed by atoms with Crippen LogP contribution in [0, 0.1) is 5.82 Å². The summed E-state index contributed by atoms with van der Waals surface area (Å²) in [5.74, 6) is -1.94. The Kier molecular flexibility index (Phi) is 8.04. The van der Waals surface area contributed by atoms with Crippen molar-refractivity contribution >= 4 is 35.1 Å². The first-order valence-electron chi connectivity index (χ1n) is 11.9. The number of rotatable bonds is 7. The SMILES string of the molecule is CCOC(=O)C1=C(C)N(Cc2cccc(C(=O)Nc3ccc(F)cc3)c2)C(=O)CC1c1ccccc1Cl. The second-order valence-electron chi connectivity index (χ2n) is 8.64. The molecule has 0 saturated carbocycles. The molecule has 0 spiro atoms. The predicted octanol–water partition coefficient (Wildman–Crippen LogP) is 6.08. The van der Waals surface area contributed by atoms with Crippen molar-refractivity contribution in [2.45, 2.75) is 32.7 Å². The van der Waals surface area contributed by atoms with Crippen molar-refractivity contribution in [3.8, 4) is 0 Å².